The van der Waals surface area contributed by atoms with Gasteiger partial charge in [-0.3, -0.25) is 4.90 Å². The van der Waals surface area contributed by atoms with E-state index in [1.54, 1.807) is 0 Å². The Morgan fingerprint density at radius 1 is 1.35 bits per heavy atom. The monoisotopic (exact) mass is 293 g/mol. The van der Waals surface area contributed by atoms with Crippen molar-refractivity contribution in [3.05, 3.63) is 28.8 Å². The summed E-state index contributed by atoms with van der Waals surface area (Å²) in [7, 11) is 0. The molecule has 2 aliphatic heterocycles. The van der Waals surface area contributed by atoms with Crippen LogP contribution in [0.2, 0.25) is 5.02 Å². The van der Waals surface area contributed by atoms with E-state index in [-0.39, 0.29) is 5.60 Å². The van der Waals surface area contributed by atoms with Crippen molar-refractivity contribution in [2.75, 3.05) is 6.54 Å². The van der Waals surface area contributed by atoms with E-state index in [9.17, 15) is 5.11 Å². The smallest absolute Gasteiger partial charge is 0.126 e. The van der Waals surface area contributed by atoms with Crippen LogP contribution in [-0.4, -0.2) is 34.2 Å². The molecule has 2 fully saturated rings. The lowest BCUT2D eigenvalue weighted by molar-refractivity contribution is -0.00772. The molecule has 1 aromatic rings. The molecule has 0 bridgehead atoms. The topological polar surface area (TPSA) is 32.7 Å². The van der Waals surface area contributed by atoms with E-state index in [1.807, 2.05) is 18.2 Å². The summed E-state index contributed by atoms with van der Waals surface area (Å²) in [5, 5.41) is 11.1. The highest BCUT2D eigenvalue weighted by molar-refractivity contribution is 6.30. The summed E-state index contributed by atoms with van der Waals surface area (Å²) in [5.74, 6) is 0.804. The number of benzene rings is 1. The number of hydrogen-bond acceptors (Lipinski definition) is 3. The van der Waals surface area contributed by atoms with Gasteiger partial charge < -0.3 is 9.84 Å². The van der Waals surface area contributed by atoms with Crippen LogP contribution in [0.15, 0.2) is 18.2 Å². The lowest BCUT2D eigenvalue weighted by Crippen LogP contribution is -2.44. The molecule has 3 atom stereocenters. The molecule has 0 amide bonds. The molecular weight excluding hydrogens is 274 g/mol. The molecule has 1 aliphatic carbocycles. The number of likely N-dealkylation sites (tertiary alicyclic amines) is 1. The number of ether oxygens (including phenoxy) is 1. The normalized spacial score (nSPS) is 37.0. The molecule has 1 aromatic carbocycles. The molecule has 1 spiro atoms. The summed E-state index contributed by atoms with van der Waals surface area (Å²) in [6.45, 7) is 3.22. The molecule has 0 radical (unpaired) electrons. The third-order valence-electron chi connectivity index (χ3n) is 4.94. The summed E-state index contributed by atoms with van der Waals surface area (Å²) in [6, 6.07) is 6.85. The summed E-state index contributed by atoms with van der Waals surface area (Å²) in [4.78, 5) is 2.56. The van der Waals surface area contributed by atoms with E-state index >= 15 is 0 Å². The second-order valence-electron chi connectivity index (χ2n) is 6.64. The summed E-state index contributed by atoms with van der Waals surface area (Å²) in [6.07, 6.45) is 3.84. The molecule has 1 saturated heterocycles. The minimum atomic E-state index is -0.469. The van der Waals surface area contributed by atoms with E-state index in [2.05, 4.69) is 11.8 Å². The average Bonchev–Trinajstić information content (AvgIpc) is 3.17. The third-order valence-corrected chi connectivity index (χ3v) is 5.18. The van der Waals surface area contributed by atoms with Gasteiger partial charge in [0, 0.05) is 42.1 Å². The minimum absolute atomic E-state index is 0.220. The molecule has 3 aliphatic rings. The van der Waals surface area contributed by atoms with Crippen molar-refractivity contribution < 1.29 is 9.84 Å². The van der Waals surface area contributed by atoms with Crippen molar-refractivity contribution in [3.63, 3.8) is 0 Å². The number of hydrogen-bond donors (Lipinski definition) is 1. The molecule has 1 N–H and O–H groups in total. The van der Waals surface area contributed by atoms with Gasteiger partial charge in [0.05, 0.1) is 6.10 Å². The van der Waals surface area contributed by atoms with E-state index in [0.29, 0.717) is 17.5 Å². The van der Waals surface area contributed by atoms with Crippen LogP contribution in [0.25, 0.3) is 0 Å². The standard InChI is InChI=1S/C16H20ClNO2/c1-10-7-16(9-18(10)12-3-4-12)8-14(19)13-6-11(17)2-5-15(13)20-16/h2,5-6,10,12,14,19H,3-4,7-9H2,1H3/t10?,14-,16?/m1/s1. The first kappa shape index (κ1) is 12.9. The zero-order valence-electron chi connectivity index (χ0n) is 11.7. The average molecular weight is 294 g/mol. The van der Waals surface area contributed by atoms with Crippen LogP contribution < -0.4 is 4.74 Å². The maximum atomic E-state index is 10.5. The van der Waals surface area contributed by atoms with Gasteiger partial charge in [0.15, 0.2) is 0 Å². The molecule has 20 heavy (non-hydrogen) atoms. The molecule has 2 unspecified atom stereocenters. The van der Waals surface area contributed by atoms with Crippen molar-refractivity contribution in [1.82, 2.24) is 4.90 Å². The number of halogens is 1. The Hall–Kier alpha value is -0.770. The second kappa shape index (κ2) is 4.36. The molecule has 108 valence electrons. The lowest BCUT2D eigenvalue weighted by Gasteiger charge is -2.38. The summed E-state index contributed by atoms with van der Waals surface area (Å²) >= 11 is 6.01. The Kier molecular flexibility index (Phi) is 2.82. The van der Waals surface area contributed by atoms with Crippen LogP contribution in [0.3, 0.4) is 0 Å². The van der Waals surface area contributed by atoms with Gasteiger partial charge in [-0.05, 0) is 38.0 Å². The fraction of sp³-hybridized carbons (Fsp3) is 0.625. The Morgan fingerprint density at radius 2 is 2.15 bits per heavy atom. The maximum Gasteiger partial charge on any atom is 0.126 e. The Balaban J connectivity index is 1.64. The van der Waals surface area contributed by atoms with Crippen molar-refractivity contribution in [1.29, 1.82) is 0 Å². The fourth-order valence-electron chi connectivity index (χ4n) is 3.94. The number of rotatable bonds is 1. The highest BCUT2D eigenvalue weighted by atomic mass is 35.5. The summed E-state index contributed by atoms with van der Waals surface area (Å²) in [5.41, 5.74) is 0.614. The molecule has 0 aromatic heterocycles. The van der Waals surface area contributed by atoms with Gasteiger partial charge in [-0.25, -0.2) is 0 Å². The Bertz CT molecular complexity index is 545. The molecular formula is C16H20ClNO2. The number of aliphatic hydroxyl groups is 1. The number of aliphatic hydroxyl groups excluding tert-OH is 1. The van der Waals surface area contributed by atoms with Crippen molar-refractivity contribution in [3.8, 4) is 5.75 Å². The number of nitrogens with zero attached hydrogens (tertiary/aromatic N) is 1. The van der Waals surface area contributed by atoms with Gasteiger partial charge in [0.2, 0.25) is 0 Å². The van der Waals surface area contributed by atoms with Crippen LogP contribution in [0, 0.1) is 0 Å². The van der Waals surface area contributed by atoms with Crippen LogP contribution >= 0.6 is 11.6 Å². The predicted molar refractivity (Wildman–Crippen MR) is 78.2 cm³/mol. The fourth-order valence-corrected chi connectivity index (χ4v) is 4.12. The molecule has 1 saturated carbocycles. The number of fused-ring (bicyclic) bond motifs is 1. The highest BCUT2D eigenvalue weighted by Gasteiger charge is 2.51. The third kappa shape index (κ3) is 2.03. The van der Waals surface area contributed by atoms with Gasteiger partial charge in [-0.2, -0.15) is 0 Å². The van der Waals surface area contributed by atoms with E-state index in [4.69, 9.17) is 16.3 Å². The molecule has 3 nitrogen and oxygen atoms in total. The largest absolute Gasteiger partial charge is 0.485 e. The first-order valence-electron chi connectivity index (χ1n) is 7.49. The maximum absolute atomic E-state index is 10.5. The first-order chi connectivity index (χ1) is 9.56. The van der Waals surface area contributed by atoms with Gasteiger partial charge in [-0.1, -0.05) is 11.6 Å². The van der Waals surface area contributed by atoms with Crippen molar-refractivity contribution in [2.45, 2.75) is 56.4 Å². The van der Waals surface area contributed by atoms with Gasteiger partial charge in [0.25, 0.3) is 0 Å². The SMILES string of the molecule is CC1CC2(C[C@@H](O)c3cc(Cl)ccc3O2)CN1C1CC1. The van der Waals surface area contributed by atoms with Gasteiger partial charge in [-0.15, -0.1) is 0 Å². The minimum Gasteiger partial charge on any atom is -0.485 e. The van der Waals surface area contributed by atoms with E-state index in [0.717, 1.165) is 30.3 Å². The van der Waals surface area contributed by atoms with Crippen LogP contribution in [-0.2, 0) is 0 Å². The molecule has 2 heterocycles. The van der Waals surface area contributed by atoms with Crippen molar-refractivity contribution >= 4 is 11.6 Å². The van der Waals surface area contributed by atoms with Gasteiger partial charge >= 0.3 is 0 Å². The van der Waals surface area contributed by atoms with Crippen LogP contribution in [0.1, 0.15) is 44.3 Å². The highest BCUT2D eigenvalue weighted by Crippen LogP contribution is 2.48. The summed E-state index contributed by atoms with van der Waals surface area (Å²) < 4.78 is 6.32. The van der Waals surface area contributed by atoms with Gasteiger partial charge in [0.1, 0.15) is 11.4 Å². The molecule has 4 rings (SSSR count). The zero-order valence-corrected chi connectivity index (χ0v) is 12.4. The van der Waals surface area contributed by atoms with Crippen LogP contribution in [0.4, 0.5) is 0 Å². The predicted octanol–water partition coefficient (Wildman–Crippen LogP) is 3.15. The lowest BCUT2D eigenvalue weighted by atomic mass is 9.87. The Labute approximate surface area is 124 Å². The van der Waals surface area contributed by atoms with Crippen LogP contribution in [0.5, 0.6) is 5.75 Å². The zero-order chi connectivity index (χ0) is 13.9. The Morgan fingerprint density at radius 3 is 2.90 bits per heavy atom. The van der Waals surface area contributed by atoms with Crippen molar-refractivity contribution in [2.24, 2.45) is 0 Å². The quantitative estimate of drug-likeness (QED) is 0.863. The first-order valence-corrected chi connectivity index (χ1v) is 7.86. The van der Waals surface area contributed by atoms with E-state index < -0.39 is 6.10 Å². The molecule has 4 heteroatoms. The van der Waals surface area contributed by atoms with E-state index in [1.165, 1.54) is 12.8 Å². The second-order valence-corrected chi connectivity index (χ2v) is 7.08.